The zero-order valence-electron chi connectivity index (χ0n) is 44.2. The number of carbonyl (C=O) groups excluding carboxylic acids is 7. The molecule has 4 atom stereocenters. The largest absolute Gasteiger partial charge is 0.480 e. The van der Waals surface area contributed by atoms with Gasteiger partial charge in [-0.25, -0.2) is 24.0 Å². The first-order chi connectivity index (χ1) is 35.3. The second-order valence-electron chi connectivity index (χ2n) is 19.2. The topological polar surface area (TPSA) is 298 Å². The smallest absolute Gasteiger partial charge is 0.407 e. The highest BCUT2D eigenvalue weighted by molar-refractivity contribution is 5.90. The van der Waals surface area contributed by atoms with Gasteiger partial charge in [-0.1, -0.05) is 97.1 Å². The number of fused-ring (bicyclic) bond motifs is 6. The van der Waals surface area contributed by atoms with Crippen LogP contribution in [0.4, 0.5) is 19.2 Å². The van der Waals surface area contributed by atoms with Crippen molar-refractivity contribution >= 4 is 60.6 Å². The van der Waals surface area contributed by atoms with Gasteiger partial charge in [0.25, 0.3) is 0 Å². The van der Waals surface area contributed by atoms with Crippen molar-refractivity contribution in [3.8, 4) is 22.3 Å². The number of carboxylic acids is 1. The van der Waals surface area contributed by atoms with Gasteiger partial charge >= 0.3 is 42.3 Å². The molecule has 0 aliphatic heterocycles. The number of carbonyl (C=O) groups is 8. The average Bonchev–Trinajstić information content (AvgIpc) is 3.86. The molecule has 22 heteroatoms. The first kappa shape index (κ1) is 62.4. The average molecular weight is 1080 g/mol. The lowest BCUT2D eigenvalue weighted by molar-refractivity contribution is -0.145. The van der Waals surface area contributed by atoms with E-state index in [0.29, 0.717) is 0 Å². The van der Waals surface area contributed by atoms with E-state index >= 15 is 0 Å². The standard InChI is InChI=1S/C27H33N3O7.C18H17NO4.C9H18N2O4.ClH/c1-16(23(31)30-22(24(32)35-5)14-28-25(33)37-27(2,3)4)29-26(34)36-15-21-19-12-8-6-10-17(19)18-11-7-9-13-20(18)21;1-11(17(20)21)19-18(22)23-10-16-14-8-4-2-6-12(14)13-7-3-5-9-15(13)16;1-9(2,3)15-8(13)11-5-6(10)7(12)14-4;/h6-13,16,21-22H,14-15H2,1-5H3,(H,28,33)(H,29,34)(H,30,31);2-9,11,16H,10H2,1H3,(H,19,22)(H,20,21);6H,5,10H2,1-4H3,(H,11,13);1H/t16-,22+;11-;6-;/m001./s1. The molecule has 4 aromatic carbocycles. The number of aliphatic carboxylic acids is 1. The van der Waals surface area contributed by atoms with Crippen LogP contribution in [-0.2, 0) is 47.6 Å². The van der Waals surface area contributed by atoms with E-state index in [2.05, 4.69) is 43.5 Å². The number of hydrogen-bond donors (Lipinski definition) is 7. The summed E-state index contributed by atoms with van der Waals surface area (Å²) in [6.07, 6.45) is -2.85. The van der Waals surface area contributed by atoms with Gasteiger partial charge in [0.15, 0.2) is 0 Å². The van der Waals surface area contributed by atoms with Crippen molar-refractivity contribution in [2.75, 3.05) is 40.5 Å². The molecular weight excluding hydrogens is 1010 g/mol. The molecule has 2 aliphatic rings. The lowest BCUT2D eigenvalue weighted by Crippen LogP contribution is -2.54. The minimum absolute atomic E-state index is 0. The molecule has 0 saturated heterocycles. The number of benzene rings is 4. The summed E-state index contributed by atoms with van der Waals surface area (Å²) in [6, 6.07) is 27.9. The Morgan fingerprint density at radius 2 is 0.868 bits per heavy atom. The zero-order chi connectivity index (χ0) is 55.6. The molecule has 0 unspecified atom stereocenters. The fourth-order valence-corrected chi connectivity index (χ4v) is 7.64. The van der Waals surface area contributed by atoms with Crippen LogP contribution in [0.15, 0.2) is 97.1 Å². The van der Waals surface area contributed by atoms with Gasteiger partial charge in [0.05, 0.1) is 20.8 Å². The van der Waals surface area contributed by atoms with Gasteiger partial charge in [0.1, 0.15) is 48.6 Å². The second-order valence-corrected chi connectivity index (χ2v) is 19.2. The van der Waals surface area contributed by atoms with Crippen LogP contribution in [0.3, 0.4) is 0 Å². The molecule has 2 aliphatic carbocycles. The van der Waals surface area contributed by atoms with E-state index in [1.807, 2.05) is 84.9 Å². The number of hydrogen-bond acceptors (Lipinski definition) is 15. The molecule has 0 fully saturated rings. The summed E-state index contributed by atoms with van der Waals surface area (Å²) in [7, 11) is 2.39. The van der Waals surface area contributed by atoms with Gasteiger partial charge in [-0.05, 0) is 99.9 Å². The van der Waals surface area contributed by atoms with E-state index in [1.165, 1.54) is 21.0 Å². The van der Waals surface area contributed by atoms with Crippen LogP contribution in [0.2, 0.25) is 0 Å². The summed E-state index contributed by atoms with van der Waals surface area (Å²) < 4.78 is 29.9. The molecule has 0 bridgehead atoms. The van der Waals surface area contributed by atoms with Crippen LogP contribution in [0.1, 0.15) is 89.5 Å². The highest BCUT2D eigenvalue weighted by atomic mass is 35.5. The number of ether oxygens (including phenoxy) is 6. The van der Waals surface area contributed by atoms with Crippen molar-refractivity contribution in [3.05, 3.63) is 119 Å². The molecule has 0 saturated carbocycles. The summed E-state index contributed by atoms with van der Waals surface area (Å²) >= 11 is 0. The van der Waals surface area contributed by atoms with Gasteiger partial charge in [-0.15, -0.1) is 12.4 Å². The van der Waals surface area contributed by atoms with E-state index in [1.54, 1.807) is 41.5 Å². The maximum Gasteiger partial charge on any atom is 0.407 e. The molecule has 0 heterocycles. The second kappa shape index (κ2) is 28.7. The molecule has 6 rings (SSSR count). The maximum atomic E-state index is 12.6. The number of esters is 2. The van der Waals surface area contributed by atoms with Crippen molar-refractivity contribution in [2.45, 2.75) is 103 Å². The lowest BCUT2D eigenvalue weighted by atomic mass is 9.98. The summed E-state index contributed by atoms with van der Waals surface area (Å²) in [5.41, 5.74) is 13.0. The molecule has 8 N–H and O–H groups in total. The number of halogens is 1. The van der Waals surface area contributed by atoms with Crippen molar-refractivity contribution in [1.82, 2.24) is 26.6 Å². The number of nitrogens with one attached hydrogen (secondary N) is 5. The number of nitrogens with two attached hydrogens (primary N) is 1. The molecule has 76 heavy (non-hydrogen) atoms. The number of carboxylic acid groups (broad SMARTS) is 1. The SMILES string of the molecule is COC(=O)[C@@H](CNC(=O)OC(C)(C)C)NC(=O)[C@H](C)NC(=O)OCC1c2ccccc2-c2ccccc21.COC(=O)[C@H](N)CNC(=O)OC(C)(C)C.C[C@H](NC(=O)OCC1c2ccccc2-c2ccccc21)C(=O)O.Cl. The highest BCUT2D eigenvalue weighted by Crippen LogP contribution is 2.45. The Morgan fingerprint density at radius 3 is 1.21 bits per heavy atom. The van der Waals surface area contributed by atoms with E-state index < -0.39 is 83.6 Å². The number of alkyl carbamates (subject to hydrolysis) is 4. The summed E-state index contributed by atoms with van der Waals surface area (Å²) in [6.45, 7) is 13.2. The van der Waals surface area contributed by atoms with E-state index in [0.717, 1.165) is 51.6 Å². The molecule has 412 valence electrons. The summed E-state index contributed by atoms with van der Waals surface area (Å²) in [4.78, 5) is 93.6. The quantitative estimate of drug-likeness (QED) is 0.0492. The molecular formula is C54H69ClN6O15. The molecule has 5 amide bonds. The van der Waals surface area contributed by atoms with E-state index in [-0.39, 0.29) is 50.5 Å². The lowest BCUT2D eigenvalue weighted by Gasteiger charge is -2.22. The predicted molar refractivity (Wildman–Crippen MR) is 283 cm³/mol. The van der Waals surface area contributed by atoms with Crippen LogP contribution in [0, 0.1) is 0 Å². The third-order valence-corrected chi connectivity index (χ3v) is 11.1. The first-order valence-corrected chi connectivity index (χ1v) is 23.9. The van der Waals surface area contributed by atoms with Crippen molar-refractivity contribution in [3.63, 3.8) is 0 Å². The van der Waals surface area contributed by atoms with E-state index in [9.17, 15) is 38.4 Å². The maximum absolute atomic E-state index is 12.6. The Labute approximate surface area is 448 Å². The van der Waals surface area contributed by atoms with Gasteiger partial charge in [0.2, 0.25) is 5.91 Å². The Kier molecular flexibility index (Phi) is 23.5. The first-order valence-electron chi connectivity index (χ1n) is 23.9. The summed E-state index contributed by atoms with van der Waals surface area (Å²) in [5, 5.41) is 20.8. The fraction of sp³-hybridized carbons (Fsp3) is 0.407. The van der Waals surface area contributed by atoms with Crippen LogP contribution in [-0.4, -0.2) is 129 Å². The fourth-order valence-electron chi connectivity index (χ4n) is 7.64. The third kappa shape index (κ3) is 18.8. The minimum atomic E-state index is -1.18. The highest BCUT2D eigenvalue weighted by Gasteiger charge is 2.32. The van der Waals surface area contributed by atoms with Gasteiger partial charge < -0.3 is 65.8 Å². The van der Waals surface area contributed by atoms with Crippen LogP contribution in [0.5, 0.6) is 0 Å². The monoisotopic (exact) mass is 1080 g/mol. The number of rotatable bonds is 15. The molecule has 0 spiro atoms. The minimum Gasteiger partial charge on any atom is -0.480 e. The van der Waals surface area contributed by atoms with Crippen LogP contribution < -0.4 is 32.3 Å². The zero-order valence-corrected chi connectivity index (χ0v) is 45.0. The molecule has 0 aromatic heterocycles. The Balaban J connectivity index is 0.000000332. The van der Waals surface area contributed by atoms with Crippen molar-refractivity contribution in [1.29, 1.82) is 0 Å². The Morgan fingerprint density at radius 1 is 0.526 bits per heavy atom. The molecule has 21 nitrogen and oxygen atoms in total. The molecule has 0 radical (unpaired) electrons. The van der Waals surface area contributed by atoms with Crippen molar-refractivity contribution < 1.29 is 71.9 Å². The normalized spacial score (nSPS) is 13.5. The Bertz CT molecular complexity index is 2580. The Hall–Kier alpha value is -7.91. The van der Waals surface area contributed by atoms with Crippen LogP contribution >= 0.6 is 12.4 Å². The predicted octanol–water partition coefficient (Wildman–Crippen LogP) is 6.53. The van der Waals surface area contributed by atoms with Gasteiger partial charge in [0, 0.05) is 18.4 Å². The third-order valence-electron chi connectivity index (χ3n) is 11.1. The van der Waals surface area contributed by atoms with Crippen molar-refractivity contribution in [2.24, 2.45) is 5.73 Å². The number of amides is 5. The van der Waals surface area contributed by atoms with Crippen LogP contribution in [0.25, 0.3) is 22.3 Å². The van der Waals surface area contributed by atoms with Gasteiger partial charge in [-0.3, -0.25) is 14.4 Å². The van der Waals surface area contributed by atoms with Gasteiger partial charge in [-0.2, -0.15) is 0 Å². The summed E-state index contributed by atoms with van der Waals surface area (Å²) in [5.74, 6) is -3.25. The molecule has 4 aromatic rings. The number of methoxy groups -OCH3 is 2. The van der Waals surface area contributed by atoms with E-state index in [4.69, 9.17) is 34.5 Å².